The topological polar surface area (TPSA) is 83.7 Å². The lowest BCUT2D eigenvalue weighted by Crippen LogP contribution is -2.50. The number of aromatic nitrogens is 1. The molecule has 0 spiro atoms. The van der Waals surface area contributed by atoms with Gasteiger partial charge in [-0.05, 0) is 24.3 Å². The van der Waals surface area contributed by atoms with Gasteiger partial charge < -0.3 is 9.32 Å². The Balaban J connectivity index is 1.56. The standard InChI is InChI=1S/C18H17N3O4S/c22-18(16-4-2-12-25-16)20-8-10-21(11-9-20)26(23,24)17-5-1-3-14-13-19-7-6-15(14)17/h1-7,12-13H,8-11H2. The molecule has 1 fully saturated rings. The molecule has 0 bridgehead atoms. The summed E-state index contributed by atoms with van der Waals surface area (Å²) in [5, 5.41) is 1.43. The number of furan rings is 1. The van der Waals surface area contributed by atoms with Gasteiger partial charge in [-0.15, -0.1) is 0 Å². The van der Waals surface area contributed by atoms with Gasteiger partial charge in [0.15, 0.2) is 5.76 Å². The van der Waals surface area contributed by atoms with E-state index in [1.165, 1.54) is 10.6 Å². The van der Waals surface area contributed by atoms with Crippen LogP contribution in [0.3, 0.4) is 0 Å². The molecule has 3 heterocycles. The number of piperazine rings is 1. The van der Waals surface area contributed by atoms with Crippen molar-refractivity contribution in [2.24, 2.45) is 0 Å². The molecule has 0 N–H and O–H groups in total. The van der Waals surface area contributed by atoms with Crippen LogP contribution in [0.4, 0.5) is 0 Å². The SMILES string of the molecule is O=C(c1ccco1)N1CCN(S(=O)(=O)c2cccc3cnccc23)CC1. The number of fused-ring (bicyclic) bond motifs is 1. The number of nitrogens with zero attached hydrogens (tertiary/aromatic N) is 3. The first-order chi connectivity index (χ1) is 12.6. The molecule has 2 aromatic heterocycles. The van der Waals surface area contributed by atoms with Crippen molar-refractivity contribution in [1.29, 1.82) is 0 Å². The van der Waals surface area contributed by atoms with E-state index < -0.39 is 10.0 Å². The first-order valence-electron chi connectivity index (χ1n) is 8.23. The molecule has 3 aromatic rings. The molecule has 1 aromatic carbocycles. The molecule has 0 unspecified atom stereocenters. The summed E-state index contributed by atoms with van der Waals surface area (Å²) in [6, 6.07) is 10.1. The van der Waals surface area contributed by atoms with Crippen molar-refractivity contribution in [3.05, 3.63) is 60.8 Å². The molecule has 8 heteroatoms. The molecule has 4 rings (SSSR count). The minimum atomic E-state index is -3.65. The maximum absolute atomic E-state index is 13.1. The lowest BCUT2D eigenvalue weighted by molar-refractivity contribution is 0.0666. The molecule has 7 nitrogen and oxygen atoms in total. The monoisotopic (exact) mass is 371 g/mol. The number of pyridine rings is 1. The molecule has 1 aliphatic heterocycles. The summed E-state index contributed by atoms with van der Waals surface area (Å²) in [4.78, 5) is 18.2. The Morgan fingerprint density at radius 2 is 1.85 bits per heavy atom. The molecule has 134 valence electrons. The fraction of sp³-hybridized carbons (Fsp3) is 0.222. The molecule has 1 amide bonds. The highest BCUT2D eigenvalue weighted by Crippen LogP contribution is 2.26. The van der Waals surface area contributed by atoms with Crippen molar-refractivity contribution in [2.75, 3.05) is 26.2 Å². The largest absolute Gasteiger partial charge is 0.459 e. The third kappa shape index (κ3) is 2.87. The quantitative estimate of drug-likeness (QED) is 0.703. The Morgan fingerprint density at radius 3 is 2.58 bits per heavy atom. The maximum atomic E-state index is 13.1. The van der Waals surface area contributed by atoms with E-state index in [1.54, 1.807) is 47.6 Å². The van der Waals surface area contributed by atoms with Crippen molar-refractivity contribution in [1.82, 2.24) is 14.2 Å². The molecular weight excluding hydrogens is 354 g/mol. The summed E-state index contributed by atoms with van der Waals surface area (Å²) in [5.41, 5.74) is 0. The summed E-state index contributed by atoms with van der Waals surface area (Å²) in [6.45, 7) is 1.14. The molecule has 1 aliphatic rings. The molecule has 0 atom stereocenters. The number of hydrogen-bond donors (Lipinski definition) is 0. The number of rotatable bonds is 3. The molecule has 0 aliphatic carbocycles. The zero-order chi connectivity index (χ0) is 18.1. The molecule has 0 saturated carbocycles. The van der Waals surface area contributed by atoms with Crippen LogP contribution in [0.5, 0.6) is 0 Å². The van der Waals surface area contributed by atoms with Crippen LogP contribution in [0.15, 0.2) is 64.4 Å². The number of benzene rings is 1. The van der Waals surface area contributed by atoms with Crippen molar-refractivity contribution in [3.8, 4) is 0 Å². The normalized spacial score (nSPS) is 16.1. The van der Waals surface area contributed by atoms with E-state index in [4.69, 9.17) is 4.42 Å². The van der Waals surface area contributed by atoms with Gasteiger partial charge in [0, 0.05) is 49.3 Å². The van der Waals surface area contributed by atoms with E-state index in [0.717, 1.165) is 5.39 Å². The summed E-state index contributed by atoms with van der Waals surface area (Å²) < 4.78 is 32.7. The molecule has 1 saturated heterocycles. The van der Waals surface area contributed by atoms with Crippen LogP contribution < -0.4 is 0 Å². The summed E-state index contributed by atoms with van der Waals surface area (Å²) in [5.74, 6) is 0.0474. The van der Waals surface area contributed by atoms with Crippen molar-refractivity contribution in [3.63, 3.8) is 0 Å². The first kappa shape index (κ1) is 16.7. The molecule has 26 heavy (non-hydrogen) atoms. The number of hydrogen-bond acceptors (Lipinski definition) is 5. The van der Waals surface area contributed by atoms with E-state index >= 15 is 0 Å². The fourth-order valence-corrected chi connectivity index (χ4v) is 4.78. The van der Waals surface area contributed by atoms with Crippen LogP contribution in [-0.4, -0.2) is 54.7 Å². The zero-order valence-electron chi connectivity index (χ0n) is 13.9. The van der Waals surface area contributed by atoms with Gasteiger partial charge in [-0.25, -0.2) is 8.42 Å². The summed E-state index contributed by atoms with van der Waals surface area (Å²) in [7, 11) is -3.65. The third-order valence-corrected chi connectivity index (χ3v) is 6.47. The predicted molar refractivity (Wildman–Crippen MR) is 95.1 cm³/mol. The Morgan fingerprint density at radius 1 is 1.04 bits per heavy atom. The van der Waals surface area contributed by atoms with Crippen molar-refractivity contribution < 1.29 is 17.6 Å². The number of amides is 1. The van der Waals surface area contributed by atoms with Crippen LogP contribution in [0.1, 0.15) is 10.6 Å². The van der Waals surface area contributed by atoms with Crippen LogP contribution in [0.25, 0.3) is 10.8 Å². The summed E-state index contributed by atoms with van der Waals surface area (Å²) >= 11 is 0. The highest BCUT2D eigenvalue weighted by molar-refractivity contribution is 7.89. The van der Waals surface area contributed by atoms with Gasteiger partial charge in [0.05, 0.1) is 11.2 Å². The van der Waals surface area contributed by atoms with E-state index in [0.29, 0.717) is 18.5 Å². The van der Waals surface area contributed by atoms with Crippen molar-refractivity contribution >= 4 is 26.7 Å². The smallest absolute Gasteiger partial charge is 0.289 e. The maximum Gasteiger partial charge on any atom is 0.289 e. The second kappa shape index (κ2) is 6.54. The molecular formula is C18H17N3O4S. The molecule has 0 radical (unpaired) electrons. The second-order valence-electron chi connectivity index (χ2n) is 6.03. The number of sulfonamides is 1. The van der Waals surface area contributed by atoms with Gasteiger partial charge in [-0.1, -0.05) is 12.1 Å². The van der Waals surface area contributed by atoms with E-state index in [1.807, 2.05) is 6.07 Å². The average Bonchev–Trinajstić information content (AvgIpc) is 3.22. The number of carbonyl (C=O) groups excluding carboxylic acids is 1. The van der Waals surface area contributed by atoms with E-state index in [2.05, 4.69) is 4.98 Å². The van der Waals surface area contributed by atoms with Crippen LogP contribution in [-0.2, 0) is 10.0 Å². The van der Waals surface area contributed by atoms with Gasteiger partial charge in [0.25, 0.3) is 5.91 Å². The highest BCUT2D eigenvalue weighted by Gasteiger charge is 2.31. The number of carbonyl (C=O) groups is 1. The van der Waals surface area contributed by atoms with Crippen LogP contribution in [0.2, 0.25) is 0 Å². The minimum Gasteiger partial charge on any atom is -0.459 e. The Bertz CT molecular complexity index is 1030. The lowest BCUT2D eigenvalue weighted by atomic mass is 10.2. The Labute approximate surface area is 150 Å². The van der Waals surface area contributed by atoms with Gasteiger partial charge in [0.2, 0.25) is 10.0 Å². The Hall–Kier alpha value is -2.71. The highest BCUT2D eigenvalue weighted by atomic mass is 32.2. The van der Waals surface area contributed by atoms with E-state index in [-0.39, 0.29) is 29.7 Å². The summed E-state index contributed by atoms with van der Waals surface area (Å²) in [6.07, 6.45) is 4.68. The fourth-order valence-electron chi connectivity index (χ4n) is 3.14. The van der Waals surface area contributed by atoms with Gasteiger partial charge in [-0.2, -0.15) is 4.31 Å². The third-order valence-electron chi connectivity index (χ3n) is 4.52. The van der Waals surface area contributed by atoms with Gasteiger partial charge in [-0.3, -0.25) is 9.78 Å². The average molecular weight is 371 g/mol. The Kier molecular flexibility index (Phi) is 4.21. The second-order valence-corrected chi connectivity index (χ2v) is 7.93. The van der Waals surface area contributed by atoms with Crippen LogP contribution in [0, 0.1) is 0 Å². The van der Waals surface area contributed by atoms with Gasteiger partial charge >= 0.3 is 0 Å². The first-order valence-corrected chi connectivity index (χ1v) is 9.67. The van der Waals surface area contributed by atoms with Crippen molar-refractivity contribution in [2.45, 2.75) is 4.90 Å². The lowest BCUT2D eigenvalue weighted by Gasteiger charge is -2.33. The minimum absolute atomic E-state index is 0.219. The zero-order valence-corrected chi connectivity index (χ0v) is 14.7. The van der Waals surface area contributed by atoms with E-state index in [9.17, 15) is 13.2 Å². The predicted octanol–water partition coefficient (Wildman–Crippen LogP) is 1.97. The van der Waals surface area contributed by atoms with Crippen LogP contribution >= 0.6 is 0 Å². The van der Waals surface area contributed by atoms with Gasteiger partial charge in [0.1, 0.15) is 0 Å².